The summed E-state index contributed by atoms with van der Waals surface area (Å²) in [7, 11) is 4.11. The smallest absolute Gasteiger partial charge is 0.209 e. The minimum absolute atomic E-state index is 0.163. The van der Waals surface area contributed by atoms with Gasteiger partial charge in [0.15, 0.2) is 0 Å². The SMILES string of the molecule is CN(C)CCC(NC=O)OCCC1CCCCN1CCCCCCCCCCCCC1CCCCC1. The molecule has 1 amide bonds. The zero-order valence-corrected chi connectivity index (χ0v) is 24.2. The lowest BCUT2D eigenvalue weighted by Gasteiger charge is -2.36. The number of ether oxygens (including phenoxy) is 1. The number of hydrogen-bond donors (Lipinski definition) is 1. The van der Waals surface area contributed by atoms with Crippen LogP contribution >= 0.6 is 0 Å². The van der Waals surface area contributed by atoms with Crippen LogP contribution in [0.25, 0.3) is 0 Å². The van der Waals surface area contributed by atoms with Crippen molar-refractivity contribution in [2.24, 2.45) is 5.92 Å². The van der Waals surface area contributed by atoms with Crippen LogP contribution in [0.15, 0.2) is 0 Å². The van der Waals surface area contributed by atoms with E-state index >= 15 is 0 Å². The second-order valence-corrected chi connectivity index (χ2v) is 12.0. The van der Waals surface area contributed by atoms with Crippen LogP contribution in [-0.4, -0.2) is 68.8 Å². The van der Waals surface area contributed by atoms with E-state index in [0.29, 0.717) is 6.04 Å². The summed E-state index contributed by atoms with van der Waals surface area (Å²) in [6, 6.07) is 0.655. The van der Waals surface area contributed by atoms with Gasteiger partial charge in [0.05, 0.1) is 6.61 Å². The van der Waals surface area contributed by atoms with Gasteiger partial charge in [-0.3, -0.25) is 4.79 Å². The summed E-state index contributed by atoms with van der Waals surface area (Å²) in [6.07, 6.45) is 29.9. The van der Waals surface area contributed by atoms with E-state index in [9.17, 15) is 4.79 Å². The number of carbonyl (C=O) groups excluding carboxylic acids is 1. The van der Waals surface area contributed by atoms with Gasteiger partial charge in [-0.15, -0.1) is 0 Å². The lowest BCUT2D eigenvalue weighted by atomic mass is 9.85. The first-order chi connectivity index (χ1) is 17.7. The van der Waals surface area contributed by atoms with E-state index in [1.54, 1.807) is 0 Å². The van der Waals surface area contributed by atoms with Crippen molar-refractivity contribution in [3.63, 3.8) is 0 Å². The number of hydrogen-bond acceptors (Lipinski definition) is 4. The van der Waals surface area contributed by atoms with Crippen molar-refractivity contribution in [1.82, 2.24) is 15.1 Å². The van der Waals surface area contributed by atoms with Crippen molar-refractivity contribution in [2.45, 2.75) is 147 Å². The number of amides is 1. The standard InChI is InChI=1S/C31H61N3O2/c1-33(2)26-22-31(32-28-35)36-27-23-30-21-15-17-25-34(30)24-16-10-8-6-4-3-5-7-9-12-18-29-19-13-11-14-20-29/h28-31H,3-27H2,1-2H3,(H,32,35). The first-order valence-electron chi connectivity index (χ1n) is 15.9. The molecule has 2 aliphatic rings. The third-order valence-electron chi connectivity index (χ3n) is 8.64. The third kappa shape index (κ3) is 15.6. The van der Waals surface area contributed by atoms with E-state index in [-0.39, 0.29) is 6.23 Å². The molecule has 2 rings (SSSR count). The van der Waals surface area contributed by atoms with Gasteiger partial charge in [-0.1, -0.05) is 103 Å². The summed E-state index contributed by atoms with van der Waals surface area (Å²) in [5, 5.41) is 2.83. The fourth-order valence-corrected chi connectivity index (χ4v) is 6.33. The van der Waals surface area contributed by atoms with E-state index in [2.05, 4.69) is 29.2 Å². The normalized spacial score (nSPS) is 20.6. The quantitative estimate of drug-likeness (QED) is 0.0960. The molecule has 1 saturated heterocycles. The summed E-state index contributed by atoms with van der Waals surface area (Å²) >= 11 is 0. The Morgan fingerprint density at radius 2 is 1.47 bits per heavy atom. The first kappa shape index (κ1) is 31.6. The van der Waals surface area contributed by atoms with Crippen LogP contribution in [0, 0.1) is 5.92 Å². The molecule has 0 aromatic carbocycles. The molecule has 0 aromatic rings. The molecule has 36 heavy (non-hydrogen) atoms. The van der Waals surface area contributed by atoms with Crippen LogP contribution in [0.4, 0.5) is 0 Å². The fraction of sp³-hybridized carbons (Fsp3) is 0.968. The number of carbonyl (C=O) groups is 1. The Labute approximate surface area is 224 Å². The summed E-state index contributed by atoms with van der Waals surface area (Å²) in [5.41, 5.74) is 0. The molecule has 1 aliphatic heterocycles. The van der Waals surface area contributed by atoms with Crippen LogP contribution in [0.3, 0.4) is 0 Å². The van der Waals surface area contributed by atoms with Crippen molar-refractivity contribution < 1.29 is 9.53 Å². The van der Waals surface area contributed by atoms with Crippen molar-refractivity contribution in [1.29, 1.82) is 0 Å². The molecule has 0 radical (unpaired) electrons. The number of nitrogens with one attached hydrogen (secondary N) is 1. The number of likely N-dealkylation sites (tertiary alicyclic amines) is 1. The molecule has 0 aromatic heterocycles. The van der Waals surface area contributed by atoms with Gasteiger partial charge in [0, 0.05) is 19.0 Å². The van der Waals surface area contributed by atoms with Crippen LogP contribution in [0.5, 0.6) is 0 Å². The van der Waals surface area contributed by atoms with Crippen molar-refractivity contribution in [3.05, 3.63) is 0 Å². The van der Waals surface area contributed by atoms with Gasteiger partial charge in [0.25, 0.3) is 0 Å². The zero-order valence-electron chi connectivity index (χ0n) is 24.2. The van der Waals surface area contributed by atoms with Gasteiger partial charge >= 0.3 is 0 Å². The molecule has 1 aliphatic carbocycles. The Morgan fingerprint density at radius 3 is 2.14 bits per heavy atom. The molecule has 1 saturated carbocycles. The molecule has 5 nitrogen and oxygen atoms in total. The molecule has 1 N–H and O–H groups in total. The van der Waals surface area contributed by atoms with E-state index in [1.807, 2.05) is 0 Å². The van der Waals surface area contributed by atoms with E-state index in [4.69, 9.17) is 4.74 Å². The second-order valence-electron chi connectivity index (χ2n) is 12.0. The van der Waals surface area contributed by atoms with Crippen molar-refractivity contribution in [2.75, 3.05) is 40.3 Å². The summed E-state index contributed by atoms with van der Waals surface area (Å²) in [4.78, 5) is 15.8. The van der Waals surface area contributed by atoms with Crippen molar-refractivity contribution in [3.8, 4) is 0 Å². The maximum absolute atomic E-state index is 10.9. The van der Waals surface area contributed by atoms with Crippen LogP contribution in [0.1, 0.15) is 135 Å². The third-order valence-corrected chi connectivity index (χ3v) is 8.64. The average Bonchev–Trinajstić information content (AvgIpc) is 2.89. The van der Waals surface area contributed by atoms with E-state index < -0.39 is 0 Å². The molecule has 5 heteroatoms. The highest BCUT2D eigenvalue weighted by Crippen LogP contribution is 2.28. The highest BCUT2D eigenvalue weighted by molar-refractivity contribution is 5.46. The first-order valence-corrected chi connectivity index (χ1v) is 15.9. The number of nitrogens with zero attached hydrogens (tertiary/aromatic N) is 2. The average molecular weight is 508 g/mol. The van der Waals surface area contributed by atoms with E-state index in [1.165, 1.54) is 135 Å². The molecule has 1 heterocycles. The van der Waals surface area contributed by atoms with E-state index in [0.717, 1.165) is 38.3 Å². The summed E-state index contributed by atoms with van der Waals surface area (Å²) in [6.45, 7) is 4.16. The highest BCUT2D eigenvalue weighted by Gasteiger charge is 2.22. The topological polar surface area (TPSA) is 44.8 Å². The number of piperidine rings is 1. The number of unbranched alkanes of at least 4 members (excludes halogenated alkanes) is 9. The molecule has 0 bridgehead atoms. The van der Waals surface area contributed by atoms with Gasteiger partial charge < -0.3 is 19.9 Å². The lowest BCUT2D eigenvalue weighted by Crippen LogP contribution is -2.41. The Bertz CT molecular complexity index is 510. The minimum atomic E-state index is -0.163. The summed E-state index contributed by atoms with van der Waals surface area (Å²) in [5.74, 6) is 1.07. The largest absolute Gasteiger partial charge is 0.358 e. The van der Waals surface area contributed by atoms with Crippen LogP contribution < -0.4 is 5.32 Å². The van der Waals surface area contributed by atoms with Gasteiger partial charge in [-0.2, -0.15) is 0 Å². The molecule has 2 fully saturated rings. The van der Waals surface area contributed by atoms with Crippen molar-refractivity contribution >= 4 is 6.41 Å². The predicted octanol–water partition coefficient (Wildman–Crippen LogP) is 7.14. The Morgan fingerprint density at radius 1 is 0.833 bits per heavy atom. The molecule has 212 valence electrons. The molecule has 2 unspecified atom stereocenters. The maximum atomic E-state index is 10.9. The lowest BCUT2D eigenvalue weighted by molar-refractivity contribution is -0.114. The van der Waals surface area contributed by atoms with Gasteiger partial charge in [-0.25, -0.2) is 0 Å². The minimum Gasteiger partial charge on any atom is -0.358 e. The van der Waals surface area contributed by atoms with Gasteiger partial charge in [-0.05, 0) is 58.8 Å². The van der Waals surface area contributed by atoms with Crippen LogP contribution in [0.2, 0.25) is 0 Å². The second kappa shape index (κ2) is 21.3. The van der Waals surface area contributed by atoms with Gasteiger partial charge in [0.1, 0.15) is 6.23 Å². The Balaban J connectivity index is 1.43. The molecule has 0 spiro atoms. The molecular formula is C31H61N3O2. The zero-order chi connectivity index (χ0) is 25.7. The number of rotatable bonds is 22. The fourth-order valence-electron chi connectivity index (χ4n) is 6.33. The Kier molecular flexibility index (Phi) is 18.7. The predicted molar refractivity (Wildman–Crippen MR) is 153 cm³/mol. The Hall–Kier alpha value is -0.650. The van der Waals surface area contributed by atoms with Gasteiger partial charge in [0.2, 0.25) is 6.41 Å². The maximum Gasteiger partial charge on any atom is 0.209 e. The van der Waals surface area contributed by atoms with Crippen LogP contribution in [-0.2, 0) is 9.53 Å². The monoisotopic (exact) mass is 507 g/mol. The highest BCUT2D eigenvalue weighted by atomic mass is 16.5. The molecular weight excluding hydrogens is 446 g/mol. The molecule has 2 atom stereocenters. The summed E-state index contributed by atoms with van der Waals surface area (Å²) < 4.78 is 6.03.